The summed E-state index contributed by atoms with van der Waals surface area (Å²) >= 11 is 12.1. The van der Waals surface area contributed by atoms with E-state index in [0.717, 1.165) is 0 Å². The Bertz CT molecular complexity index is 882. The van der Waals surface area contributed by atoms with Gasteiger partial charge >= 0.3 is 12.0 Å². The minimum Gasteiger partial charge on any atom is -0.463 e. The first-order valence-electron chi connectivity index (χ1n) is 9.74. The Morgan fingerprint density at radius 2 is 1.90 bits per heavy atom. The zero-order valence-electron chi connectivity index (χ0n) is 16.8. The highest BCUT2D eigenvalue weighted by atomic mass is 35.5. The van der Waals surface area contributed by atoms with Gasteiger partial charge in [-0.1, -0.05) is 23.2 Å². The molecule has 0 radical (unpaired) electrons. The molecule has 1 atom stereocenters. The molecule has 0 bridgehead atoms. The van der Waals surface area contributed by atoms with Crippen molar-refractivity contribution in [2.45, 2.75) is 19.9 Å². The van der Waals surface area contributed by atoms with E-state index in [1.165, 1.54) is 0 Å². The Labute approximate surface area is 185 Å². The van der Waals surface area contributed by atoms with Crippen LogP contribution >= 0.6 is 23.2 Å². The monoisotopic (exact) mass is 454 g/mol. The summed E-state index contributed by atoms with van der Waals surface area (Å²) in [7, 11) is 0. The number of carbonyl (C=O) groups is 3. The number of piperazine rings is 1. The van der Waals surface area contributed by atoms with Crippen molar-refractivity contribution in [3.05, 3.63) is 45.1 Å². The third-order valence-corrected chi connectivity index (χ3v) is 5.62. The lowest BCUT2D eigenvalue weighted by atomic mass is 10.0. The Hall–Kier alpha value is -2.29. The molecule has 1 aromatic carbocycles. The summed E-state index contributed by atoms with van der Waals surface area (Å²) in [5, 5.41) is 6.22. The number of amides is 3. The van der Waals surface area contributed by atoms with Gasteiger partial charge in [0.25, 0.3) is 5.91 Å². The zero-order chi connectivity index (χ0) is 21.8. The predicted molar refractivity (Wildman–Crippen MR) is 114 cm³/mol. The van der Waals surface area contributed by atoms with E-state index < -0.39 is 12.0 Å². The molecule has 1 saturated heterocycles. The molecule has 2 heterocycles. The molecule has 162 valence electrons. The quantitative estimate of drug-likeness (QED) is 0.665. The van der Waals surface area contributed by atoms with Crippen LogP contribution < -0.4 is 10.6 Å². The van der Waals surface area contributed by atoms with Crippen molar-refractivity contribution in [3.63, 3.8) is 0 Å². The van der Waals surface area contributed by atoms with Crippen molar-refractivity contribution in [2.24, 2.45) is 0 Å². The third-order valence-electron chi connectivity index (χ3n) is 5.07. The van der Waals surface area contributed by atoms with Crippen LogP contribution in [0, 0.1) is 0 Å². The molecule has 3 rings (SSSR count). The van der Waals surface area contributed by atoms with Crippen LogP contribution in [0.5, 0.6) is 0 Å². The average molecular weight is 455 g/mol. The van der Waals surface area contributed by atoms with Gasteiger partial charge < -0.3 is 20.3 Å². The molecule has 1 aromatic rings. The highest BCUT2D eigenvalue weighted by Gasteiger charge is 2.31. The van der Waals surface area contributed by atoms with Gasteiger partial charge in [0.2, 0.25) is 0 Å². The van der Waals surface area contributed by atoms with Crippen molar-refractivity contribution < 1.29 is 19.1 Å². The van der Waals surface area contributed by atoms with Crippen molar-refractivity contribution >= 4 is 41.1 Å². The van der Waals surface area contributed by atoms with E-state index in [1.54, 1.807) is 36.9 Å². The Morgan fingerprint density at radius 3 is 2.53 bits per heavy atom. The fourth-order valence-electron chi connectivity index (χ4n) is 3.57. The molecule has 2 aliphatic rings. The fourth-order valence-corrected chi connectivity index (χ4v) is 4.06. The van der Waals surface area contributed by atoms with E-state index in [0.29, 0.717) is 59.6 Å². The summed E-state index contributed by atoms with van der Waals surface area (Å²) in [6.07, 6.45) is 0. The summed E-state index contributed by atoms with van der Waals surface area (Å²) in [6, 6.07) is 4.03. The molecule has 2 N–H and O–H groups in total. The molecular formula is C20H24Cl2N4O4. The Balaban J connectivity index is 1.66. The second-order valence-electron chi connectivity index (χ2n) is 7.13. The molecular weight excluding hydrogens is 431 g/mol. The normalized spacial score (nSPS) is 19.9. The number of nitrogens with one attached hydrogen (secondary N) is 2. The Kier molecular flexibility index (Phi) is 7.23. The van der Waals surface area contributed by atoms with E-state index in [4.69, 9.17) is 27.9 Å². The zero-order valence-corrected chi connectivity index (χ0v) is 18.3. The smallest absolute Gasteiger partial charge is 0.337 e. The van der Waals surface area contributed by atoms with E-state index >= 15 is 0 Å². The van der Waals surface area contributed by atoms with Crippen molar-refractivity contribution in [1.29, 1.82) is 0 Å². The van der Waals surface area contributed by atoms with Gasteiger partial charge in [-0.2, -0.15) is 0 Å². The molecule has 30 heavy (non-hydrogen) atoms. The summed E-state index contributed by atoms with van der Waals surface area (Å²) in [6.45, 7) is 6.31. The molecule has 3 amide bonds. The van der Waals surface area contributed by atoms with E-state index in [1.807, 2.05) is 0 Å². The van der Waals surface area contributed by atoms with E-state index in [-0.39, 0.29) is 18.5 Å². The van der Waals surface area contributed by atoms with Crippen LogP contribution in [-0.4, -0.2) is 73.1 Å². The van der Waals surface area contributed by atoms with Crippen LogP contribution in [0.3, 0.4) is 0 Å². The largest absolute Gasteiger partial charge is 0.463 e. The van der Waals surface area contributed by atoms with Crippen LogP contribution in [0.4, 0.5) is 4.79 Å². The van der Waals surface area contributed by atoms with Gasteiger partial charge in [-0.05, 0) is 32.0 Å². The number of carbonyl (C=O) groups excluding carboxylic acids is 3. The molecule has 1 fully saturated rings. The number of ether oxygens (including phenoxy) is 1. The first kappa shape index (κ1) is 22.4. The number of halogens is 2. The molecule has 1 unspecified atom stereocenters. The molecule has 0 aromatic heterocycles. The summed E-state index contributed by atoms with van der Waals surface area (Å²) in [5.74, 6) is -0.592. The van der Waals surface area contributed by atoms with Crippen LogP contribution in [0.15, 0.2) is 29.5 Å². The van der Waals surface area contributed by atoms with Crippen molar-refractivity contribution in [1.82, 2.24) is 20.4 Å². The van der Waals surface area contributed by atoms with Crippen LogP contribution in [-0.2, 0) is 9.53 Å². The van der Waals surface area contributed by atoms with Gasteiger partial charge in [0.05, 0.1) is 28.8 Å². The Morgan fingerprint density at radius 1 is 1.20 bits per heavy atom. The van der Waals surface area contributed by atoms with Gasteiger partial charge in [-0.25, -0.2) is 9.59 Å². The topological polar surface area (TPSA) is 91.0 Å². The van der Waals surface area contributed by atoms with E-state index in [9.17, 15) is 14.4 Å². The van der Waals surface area contributed by atoms with Gasteiger partial charge in [-0.15, -0.1) is 0 Å². The predicted octanol–water partition coefficient (Wildman–Crippen LogP) is 2.27. The van der Waals surface area contributed by atoms with Crippen LogP contribution in [0.25, 0.3) is 0 Å². The molecule has 0 aliphatic carbocycles. The summed E-state index contributed by atoms with van der Waals surface area (Å²) in [4.78, 5) is 40.8. The van der Waals surface area contributed by atoms with Crippen molar-refractivity contribution in [2.75, 3.05) is 39.3 Å². The SMILES string of the molecule is CCOC(=O)C1=C(CN2CCN(C(=O)c3ccc(Cl)cc3Cl)CC2)NC(=O)NC1C. The number of hydrogen-bond acceptors (Lipinski definition) is 5. The minimum absolute atomic E-state index is 0.147. The molecule has 10 heteroatoms. The first-order valence-corrected chi connectivity index (χ1v) is 10.5. The molecule has 0 spiro atoms. The van der Waals surface area contributed by atoms with Crippen LogP contribution in [0.2, 0.25) is 10.0 Å². The summed E-state index contributed by atoms with van der Waals surface area (Å²) in [5.41, 5.74) is 1.37. The maximum atomic E-state index is 12.8. The number of esters is 1. The van der Waals surface area contributed by atoms with Gasteiger partial charge in [0.1, 0.15) is 0 Å². The van der Waals surface area contributed by atoms with Crippen molar-refractivity contribution in [3.8, 4) is 0 Å². The standard InChI is InChI=1S/C20H24Cl2N4O4/c1-3-30-19(28)17-12(2)23-20(29)24-16(17)11-25-6-8-26(9-7-25)18(27)14-5-4-13(21)10-15(14)22/h4-5,10,12H,3,6-9,11H2,1-2H3,(H2,23,24,29). The molecule has 2 aliphatic heterocycles. The average Bonchev–Trinajstić information content (AvgIpc) is 2.68. The highest BCUT2D eigenvalue weighted by molar-refractivity contribution is 6.36. The second kappa shape index (κ2) is 9.68. The number of hydrogen-bond donors (Lipinski definition) is 2. The molecule has 8 nitrogen and oxygen atoms in total. The number of nitrogens with zero attached hydrogens (tertiary/aromatic N) is 2. The highest BCUT2D eigenvalue weighted by Crippen LogP contribution is 2.23. The first-order chi connectivity index (χ1) is 14.3. The third kappa shape index (κ3) is 5.06. The lowest BCUT2D eigenvalue weighted by Crippen LogP contribution is -2.54. The van der Waals surface area contributed by atoms with Gasteiger partial charge in [-0.3, -0.25) is 9.69 Å². The fraction of sp³-hybridized carbons (Fsp3) is 0.450. The number of benzene rings is 1. The second-order valence-corrected chi connectivity index (χ2v) is 7.97. The maximum absolute atomic E-state index is 12.8. The number of rotatable bonds is 5. The summed E-state index contributed by atoms with van der Waals surface area (Å²) < 4.78 is 5.14. The number of urea groups is 1. The van der Waals surface area contributed by atoms with E-state index in [2.05, 4.69) is 15.5 Å². The van der Waals surface area contributed by atoms with Gasteiger partial charge in [0.15, 0.2) is 0 Å². The van der Waals surface area contributed by atoms with Gasteiger partial charge in [0, 0.05) is 43.4 Å². The van der Waals surface area contributed by atoms with Crippen LogP contribution in [0.1, 0.15) is 24.2 Å². The minimum atomic E-state index is -0.446. The lowest BCUT2D eigenvalue weighted by Gasteiger charge is -2.36. The molecule has 0 saturated carbocycles. The lowest BCUT2D eigenvalue weighted by molar-refractivity contribution is -0.139. The maximum Gasteiger partial charge on any atom is 0.337 e.